The van der Waals surface area contributed by atoms with Gasteiger partial charge in [0.2, 0.25) is 10.9 Å². The van der Waals surface area contributed by atoms with Gasteiger partial charge in [-0.3, -0.25) is 4.72 Å². The minimum atomic E-state index is -2.55. The molecule has 0 aliphatic carbocycles. The van der Waals surface area contributed by atoms with E-state index >= 15 is 0 Å². The largest absolute Gasteiger partial charge is 0.261 e. The van der Waals surface area contributed by atoms with Gasteiger partial charge < -0.3 is 0 Å². The van der Waals surface area contributed by atoms with E-state index in [1.165, 1.54) is 17.5 Å². The second-order valence-electron chi connectivity index (χ2n) is 1.21. The lowest BCUT2D eigenvalue weighted by molar-refractivity contribution is 0.619. The van der Waals surface area contributed by atoms with Gasteiger partial charge in [-0.05, 0) is 0 Å². The number of hydrogen-bond donors (Lipinski definition) is 2. The highest BCUT2D eigenvalue weighted by Gasteiger charge is 1.90. The summed E-state index contributed by atoms with van der Waals surface area (Å²) < 4.78 is 22.1. The van der Waals surface area contributed by atoms with E-state index in [-0.39, 0.29) is 0 Å². The highest BCUT2D eigenvalue weighted by Crippen LogP contribution is 2.08. The van der Waals surface area contributed by atoms with Crippen molar-refractivity contribution in [2.24, 2.45) is 0 Å². The molecule has 0 aliphatic rings. The molecule has 0 aromatic carbocycles. The average Bonchev–Trinajstić information content (AvgIpc) is 2.15. The second kappa shape index (κ2) is 2.79. The molecule has 9 heavy (non-hydrogen) atoms. The molecule has 0 fully saturated rings. The van der Waals surface area contributed by atoms with Crippen LogP contribution in [-0.4, -0.2) is 13.4 Å². The minimum Gasteiger partial charge on any atom is -0.261 e. The summed E-state index contributed by atoms with van der Waals surface area (Å²) in [7, 11) is -2.55. The molecule has 1 aromatic rings. The summed E-state index contributed by atoms with van der Waals surface area (Å²) in [5.41, 5.74) is 0. The summed E-state index contributed by atoms with van der Waals surface area (Å²) in [6, 6.07) is 0. The Morgan fingerprint density at radius 2 is 2.44 bits per heavy atom. The molecule has 0 radical (unpaired) electrons. The summed E-state index contributed by atoms with van der Waals surface area (Å²) in [5.74, 6) is 0. The summed E-state index contributed by atoms with van der Waals surface area (Å²) in [5, 5.41) is 2.10. The van der Waals surface area contributed by atoms with E-state index in [1.54, 1.807) is 5.38 Å². The molecule has 0 bridgehead atoms. The number of thiazole rings is 1. The lowest BCUT2D eigenvalue weighted by Gasteiger charge is -1.85. The zero-order valence-electron chi connectivity index (χ0n) is 4.27. The van der Waals surface area contributed by atoms with Crippen LogP contribution in [0.2, 0.25) is 0 Å². The van der Waals surface area contributed by atoms with Gasteiger partial charge in [0.1, 0.15) is 0 Å². The van der Waals surface area contributed by atoms with Gasteiger partial charge in [-0.2, -0.15) is 0 Å². The molecule has 0 unspecified atom stereocenters. The van der Waals surface area contributed by atoms with Crippen LogP contribution in [0.1, 0.15) is 0 Å². The van der Waals surface area contributed by atoms with Crippen molar-refractivity contribution in [2.45, 2.75) is 0 Å². The third-order valence-corrected chi connectivity index (χ3v) is 1.85. The molecule has 0 atom stereocenters. The fourth-order valence-electron chi connectivity index (χ4n) is 0.357. The number of thiol groups is 1. The molecule has 4 nitrogen and oxygen atoms in total. The Balaban J connectivity index is 2.68. The number of aromatic nitrogens is 1. The number of nitrogens with one attached hydrogen (secondary N) is 1. The molecule has 0 amide bonds. The molecular weight excluding hydrogens is 160 g/mol. The van der Waals surface area contributed by atoms with Crippen molar-refractivity contribution < 1.29 is 8.42 Å². The predicted molar refractivity (Wildman–Crippen MR) is 36.1 cm³/mol. The van der Waals surface area contributed by atoms with Gasteiger partial charge in [0, 0.05) is 11.6 Å². The first-order chi connectivity index (χ1) is 4.29. The van der Waals surface area contributed by atoms with Crippen molar-refractivity contribution >= 4 is 27.4 Å². The Bertz CT molecular complexity index is 232. The predicted octanol–water partition coefficient (Wildman–Crippen LogP) is 0.0814. The smallest absolute Gasteiger partial charge is 0.224 e. The normalized spacial score (nSPS) is 9.89. The zero-order valence-corrected chi connectivity index (χ0v) is 5.98. The van der Waals surface area contributed by atoms with Gasteiger partial charge in [0.05, 0.1) is 0 Å². The average molecular weight is 164 g/mol. The van der Waals surface area contributed by atoms with Crippen LogP contribution in [-0.2, 0) is 10.9 Å². The Kier molecular flexibility index (Phi) is 2.01. The van der Waals surface area contributed by atoms with Crippen molar-refractivity contribution in [3.63, 3.8) is 0 Å². The first kappa shape index (κ1) is 6.50. The molecule has 50 valence electrons. The van der Waals surface area contributed by atoms with E-state index in [0.717, 1.165) is 0 Å². The van der Waals surface area contributed by atoms with E-state index in [4.69, 9.17) is 0 Å². The Labute approximate surface area is 57.6 Å². The van der Waals surface area contributed by atoms with Crippen LogP contribution in [0.15, 0.2) is 11.6 Å². The third-order valence-electron chi connectivity index (χ3n) is 0.619. The van der Waals surface area contributed by atoms with Crippen molar-refractivity contribution in [1.82, 2.24) is 4.98 Å². The lowest BCUT2D eigenvalue weighted by atomic mass is 11.0. The van der Waals surface area contributed by atoms with Crippen LogP contribution in [0.4, 0.5) is 5.13 Å². The highest BCUT2D eigenvalue weighted by molar-refractivity contribution is 7.74. The standard InChI is InChI=1S/C3H4N2O2S2/c6-9(7)5-3-4-1-2-8-3/h1-2,9H,(H,4,5,6,7). The molecule has 1 N–H and O–H groups in total. The van der Waals surface area contributed by atoms with Crippen LogP contribution in [0.5, 0.6) is 0 Å². The van der Waals surface area contributed by atoms with E-state index in [0.29, 0.717) is 5.13 Å². The second-order valence-corrected chi connectivity index (χ2v) is 2.84. The Morgan fingerprint density at radius 1 is 1.67 bits per heavy atom. The summed E-state index contributed by atoms with van der Waals surface area (Å²) in [6.07, 6.45) is 1.53. The first-order valence-corrected chi connectivity index (χ1v) is 4.15. The maximum absolute atomic E-state index is 9.96. The molecule has 0 saturated heterocycles. The maximum Gasteiger partial charge on any atom is 0.224 e. The van der Waals surface area contributed by atoms with Crippen molar-refractivity contribution in [3.8, 4) is 0 Å². The third kappa shape index (κ3) is 1.98. The van der Waals surface area contributed by atoms with Crippen molar-refractivity contribution in [1.29, 1.82) is 0 Å². The summed E-state index contributed by atoms with van der Waals surface area (Å²) in [6.45, 7) is 0. The molecule has 0 saturated carbocycles. The molecule has 1 heterocycles. The number of rotatable bonds is 2. The van der Waals surface area contributed by atoms with Crippen molar-refractivity contribution in [3.05, 3.63) is 11.6 Å². The summed E-state index contributed by atoms with van der Waals surface area (Å²) >= 11 is 1.25. The van der Waals surface area contributed by atoms with Crippen LogP contribution in [0.3, 0.4) is 0 Å². The SMILES string of the molecule is O=[SH](=O)Nc1nccs1. The topological polar surface area (TPSA) is 59.1 Å². The molecule has 0 aliphatic heterocycles. The van der Waals surface area contributed by atoms with E-state index in [1.807, 2.05) is 0 Å². The molecule has 1 rings (SSSR count). The van der Waals surface area contributed by atoms with E-state index < -0.39 is 10.9 Å². The molecular formula is C3H4N2O2S2. The monoisotopic (exact) mass is 164 g/mol. The number of anilines is 1. The summed E-state index contributed by atoms with van der Waals surface area (Å²) in [4.78, 5) is 3.68. The van der Waals surface area contributed by atoms with Gasteiger partial charge in [0.15, 0.2) is 5.13 Å². The molecule has 0 spiro atoms. The maximum atomic E-state index is 9.96. The van der Waals surface area contributed by atoms with Gasteiger partial charge in [-0.1, -0.05) is 0 Å². The fourth-order valence-corrected chi connectivity index (χ4v) is 1.38. The lowest BCUT2D eigenvalue weighted by Crippen LogP contribution is -1.92. The fraction of sp³-hybridized carbons (Fsp3) is 0. The van der Waals surface area contributed by atoms with Crippen LogP contribution < -0.4 is 4.72 Å². The first-order valence-electron chi connectivity index (χ1n) is 2.09. The van der Waals surface area contributed by atoms with Gasteiger partial charge >= 0.3 is 0 Å². The Morgan fingerprint density at radius 3 is 2.89 bits per heavy atom. The highest BCUT2D eigenvalue weighted by atomic mass is 32.2. The van der Waals surface area contributed by atoms with Crippen molar-refractivity contribution in [2.75, 3.05) is 4.72 Å². The number of hydrogen-bond acceptors (Lipinski definition) is 4. The van der Waals surface area contributed by atoms with Gasteiger partial charge in [-0.25, -0.2) is 13.4 Å². The van der Waals surface area contributed by atoms with Crippen LogP contribution in [0.25, 0.3) is 0 Å². The van der Waals surface area contributed by atoms with Gasteiger partial charge in [-0.15, -0.1) is 11.3 Å². The van der Waals surface area contributed by atoms with E-state index in [2.05, 4.69) is 9.71 Å². The Hall–Kier alpha value is -0.620. The van der Waals surface area contributed by atoms with Crippen LogP contribution >= 0.6 is 11.3 Å². The zero-order chi connectivity index (χ0) is 6.69. The minimum absolute atomic E-state index is 0.408. The van der Waals surface area contributed by atoms with E-state index in [9.17, 15) is 8.42 Å². The van der Waals surface area contributed by atoms with Crippen LogP contribution in [0, 0.1) is 0 Å². The van der Waals surface area contributed by atoms with Gasteiger partial charge in [0.25, 0.3) is 0 Å². The molecule has 1 aromatic heterocycles. The quantitative estimate of drug-likeness (QED) is 0.609. The number of nitrogens with zero attached hydrogens (tertiary/aromatic N) is 1. The molecule has 6 heteroatoms.